The van der Waals surface area contributed by atoms with Gasteiger partial charge in [0.05, 0.1) is 6.10 Å². The normalized spacial score (nSPS) is 14.3. The van der Waals surface area contributed by atoms with E-state index in [4.69, 9.17) is 16.3 Å². The fourth-order valence-electron chi connectivity index (χ4n) is 4.21. The first-order valence-electron chi connectivity index (χ1n) is 10.7. The van der Waals surface area contributed by atoms with E-state index >= 15 is 0 Å². The van der Waals surface area contributed by atoms with Crippen molar-refractivity contribution in [3.63, 3.8) is 0 Å². The minimum Gasteiger partial charge on any atom is -0.449 e. The van der Waals surface area contributed by atoms with Gasteiger partial charge < -0.3 is 20.3 Å². The molecule has 0 bridgehead atoms. The molecule has 0 heterocycles. The first-order valence-corrected chi connectivity index (χ1v) is 11.2. The average molecular weight is 452 g/mol. The summed E-state index contributed by atoms with van der Waals surface area (Å²) in [7, 11) is 0. The number of amides is 1. The molecule has 0 radical (unpaired) electrons. The first-order chi connectivity index (χ1) is 15.6. The van der Waals surface area contributed by atoms with Crippen molar-refractivity contribution < 1.29 is 19.7 Å². The molecule has 0 saturated carbocycles. The van der Waals surface area contributed by atoms with Gasteiger partial charge in [-0.25, -0.2) is 4.79 Å². The summed E-state index contributed by atoms with van der Waals surface area (Å²) in [6.45, 7) is 0.417. The van der Waals surface area contributed by atoms with Crippen molar-refractivity contribution in [2.45, 2.75) is 30.4 Å². The number of benzene rings is 3. The number of fused-ring (bicyclic) bond motifs is 3. The van der Waals surface area contributed by atoms with E-state index in [0.717, 1.165) is 16.7 Å². The van der Waals surface area contributed by atoms with Gasteiger partial charge in [0, 0.05) is 18.3 Å². The second kappa shape index (κ2) is 10.2. The highest BCUT2D eigenvalue weighted by molar-refractivity contribution is 6.17. The molecule has 3 aromatic carbocycles. The third kappa shape index (κ3) is 4.80. The molecule has 6 heteroatoms. The average Bonchev–Trinajstić information content (AvgIpc) is 3.16. The topological polar surface area (TPSA) is 78.8 Å². The summed E-state index contributed by atoms with van der Waals surface area (Å²) in [5, 5.41) is 23.3. The summed E-state index contributed by atoms with van der Waals surface area (Å²) in [6.07, 6.45) is -2.43. The summed E-state index contributed by atoms with van der Waals surface area (Å²) in [6, 6.07) is 23.5. The van der Waals surface area contributed by atoms with Crippen LogP contribution in [0.3, 0.4) is 0 Å². The van der Waals surface area contributed by atoms with Crippen molar-refractivity contribution in [1.82, 2.24) is 5.32 Å². The van der Waals surface area contributed by atoms with Crippen LogP contribution in [0.1, 0.15) is 40.7 Å². The summed E-state index contributed by atoms with van der Waals surface area (Å²) < 4.78 is 5.49. The van der Waals surface area contributed by atoms with Crippen LogP contribution in [0.4, 0.5) is 4.79 Å². The largest absolute Gasteiger partial charge is 0.449 e. The molecule has 0 aromatic heterocycles. The van der Waals surface area contributed by atoms with Crippen molar-refractivity contribution in [2.75, 3.05) is 13.2 Å². The van der Waals surface area contributed by atoms with Gasteiger partial charge in [0.25, 0.3) is 0 Å². The van der Waals surface area contributed by atoms with Gasteiger partial charge in [-0.3, -0.25) is 0 Å². The third-order valence-corrected chi connectivity index (χ3v) is 6.17. The zero-order valence-corrected chi connectivity index (χ0v) is 18.3. The molecule has 32 heavy (non-hydrogen) atoms. The molecule has 2 unspecified atom stereocenters. The maximum Gasteiger partial charge on any atom is 0.407 e. The fraction of sp³-hybridized carbons (Fsp3) is 0.269. The van der Waals surface area contributed by atoms with Gasteiger partial charge in [-0.15, -0.1) is 11.6 Å². The van der Waals surface area contributed by atoms with Crippen LogP contribution in [-0.4, -0.2) is 35.6 Å². The Morgan fingerprint density at radius 1 is 0.969 bits per heavy atom. The molecule has 4 rings (SSSR count). The lowest BCUT2D eigenvalue weighted by atomic mass is 9.98. The maximum absolute atomic E-state index is 12.2. The number of carbonyl (C=O) groups excluding carboxylic acids is 1. The van der Waals surface area contributed by atoms with E-state index in [1.165, 1.54) is 11.1 Å². The Balaban J connectivity index is 1.28. The number of aliphatic hydroxyl groups is 2. The van der Waals surface area contributed by atoms with Crippen molar-refractivity contribution in [2.24, 2.45) is 0 Å². The molecule has 3 aromatic rings. The molecule has 2 atom stereocenters. The lowest BCUT2D eigenvalue weighted by Crippen LogP contribution is -2.30. The number of nitrogens with one attached hydrogen (secondary N) is 1. The number of hydrogen-bond donors (Lipinski definition) is 3. The lowest BCUT2D eigenvalue weighted by Gasteiger charge is -2.19. The molecule has 5 nitrogen and oxygen atoms in total. The van der Waals surface area contributed by atoms with E-state index < -0.39 is 18.3 Å². The summed E-state index contributed by atoms with van der Waals surface area (Å²) >= 11 is 5.83. The van der Waals surface area contributed by atoms with Gasteiger partial charge in [0.15, 0.2) is 0 Å². The molecule has 0 fully saturated rings. The minimum atomic E-state index is -1.05. The Morgan fingerprint density at radius 3 is 2.28 bits per heavy atom. The number of alkyl carbamates (subject to hydrolysis) is 1. The second-order valence-electron chi connectivity index (χ2n) is 7.93. The van der Waals surface area contributed by atoms with Crippen molar-refractivity contribution in [3.8, 4) is 11.1 Å². The quantitative estimate of drug-likeness (QED) is 0.432. The molecule has 0 saturated heterocycles. The summed E-state index contributed by atoms with van der Waals surface area (Å²) in [5.41, 5.74) is 6.11. The number of alkyl halides is 1. The van der Waals surface area contributed by atoms with Crippen molar-refractivity contribution in [3.05, 3.63) is 95.1 Å². The second-order valence-corrected chi connectivity index (χ2v) is 8.20. The zero-order valence-electron chi connectivity index (χ0n) is 17.6. The highest BCUT2D eigenvalue weighted by atomic mass is 35.5. The monoisotopic (exact) mass is 451 g/mol. The Bertz CT molecular complexity index is 1040. The number of rotatable bonds is 8. The highest BCUT2D eigenvalue weighted by Crippen LogP contribution is 2.44. The molecular weight excluding hydrogens is 426 g/mol. The number of ether oxygens (including phenoxy) is 1. The lowest BCUT2D eigenvalue weighted by molar-refractivity contribution is 0.0136. The fourth-order valence-corrected chi connectivity index (χ4v) is 4.38. The predicted octanol–water partition coefficient (Wildman–Crippen LogP) is 4.75. The van der Waals surface area contributed by atoms with E-state index in [-0.39, 0.29) is 25.5 Å². The molecule has 1 amide bonds. The van der Waals surface area contributed by atoms with Gasteiger partial charge in [-0.05, 0) is 39.8 Å². The number of halogens is 1. The molecule has 0 aliphatic heterocycles. The summed E-state index contributed by atoms with van der Waals surface area (Å²) in [4.78, 5) is 12.2. The molecule has 166 valence electrons. The predicted molar refractivity (Wildman–Crippen MR) is 125 cm³/mol. The van der Waals surface area contributed by atoms with Gasteiger partial charge in [-0.2, -0.15) is 0 Å². The summed E-state index contributed by atoms with van der Waals surface area (Å²) in [5.74, 6) is 0.328. The Kier molecular flexibility index (Phi) is 7.10. The van der Waals surface area contributed by atoms with E-state index in [0.29, 0.717) is 11.4 Å². The number of aliphatic hydroxyl groups excluding tert-OH is 2. The van der Waals surface area contributed by atoms with Crippen LogP contribution in [0.15, 0.2) is 72.8 Å². The standard InChI is InChI=1S/C26H26ClNO4/c27-15-17-6-5-7-18(14-17)25(30)24(29)12-13-28-26(31)32-16-23-21-10-3-1-8-19(21)20-9-2-4-11-22(20)23/h1-11,14,23-25,29-30H,12-13,15-16H2,(H,28,31). The Hall–Kier alpha value is -2.86. The van der Waals surface area contributed by atoms with Gasteiger partial charge in [-0.1, -0.05) is 72.8 Å². The number of carbonyl (C=O) groups is 1. The Morgan fingerprint density at radius 2 is 1.62 bits per heavy atom. The van der Waals surface area contributed by atoms with Crippen LogP contribution in [0, 0.1) is 0 Å². The Labute approximate surface area is 192 Å². The van der Waals surface area contributed by atoms with Crippen LogP contribution in [0.5, 0.6) is 0 Å². The molecule has 1 aliphatic carbocycles. The SMILES string of the molecule is O=C(NCCC(O)C(O)c1cccc(CCl)c1)OCC1c2ccccc2-c2ccccc21. The van der Waals surface area contributed by atoms with E-state index in [9.17, 15) is 15.0 Å². The highest BCUT2D eigenvalue weighted by Gasteiger charge is 2.29. The van der Waals surface area contributed by atoms with E-state index in [2.05, 4.69) is 29.6 Å². The van der Waals surface area contributed by atoms with Gasteiger partial charge >= 0.3 is 6.09 Å². The minimum absolute atomic E-state index is 0.00484. The van der Waals surface area contributed by atoms with Crippen LogP contribution in [0.2, 0.25) is 0 Å². The zero-order chi connectivity index (χ0) is 22.5. The van der Waals surface area contributed by atoms with Crippen LogP contribution in [-0.2, 0) is 10.6 Å². The maximum atomic E-state index is 12.2. The van der Waals surface area contributed by atoms with Crippen LogP contribution >= 0.6 is 11.6 Å². The van der Waals surface area contributed by atoms with E-state index in [1.807, 2.05) is 30.3 Å². The van der Waals surface area contributed by atoms with Crippen molar-refractivity contribution >= 4 is 17.7 Å². The smallest absolute Gasteiger partial charge is 0.407 e. The molecular formula is C26H26ClNO4. The first kappa shape index (κ1) is 22.3. The molecule has 0 spiro atoms. The molecule has 3 N–H and O–H groups in total. The van der Waals surface area contributed by atoms with E-state index in [1.54, 1.807) is 18.2 Å². The molecule has 1 aliphatic rings. The third-order valence-electron chi connectivity index (χ3n) is 5.86. The van der Waals surface area contributed by atoms with Gasteiger partial charge in [0.1, 0.15) is 12.7 Å². The van der Waals surface area contributed by atoms with Crippen LogP contribution in [0.25, 0.3) is 11.1 Å². The number of hydrogen-bond acceptors (Lipinski definition) is 4. The van der Waals surface area contributed by atoms with Crippen molar-refractivity contribution in [1.29, 1.82) is 0 Å². The van der Waals surface area contributed by atoms with Crippen LogP contribution < -0.4 is 5.32 Å². The van der Waals surface area contributed by atoms with Gasteiger partial charge in [0.2, 0.25) is 0 Å².